The summed E-state index contributed by atoms with van der Waals surface area (Å²) in [4.78, 5) is 2.76. The maximum absolute atomic E-state index is 11.2. The van der Waals surface area contributed by atoms with Crippen molar-refractivity contribution in [3.63, 3.8) is 0 Å². The van der Waals surface area contributed by atoms with Crippen LogP contribution in [0.5, 0.6) is 5.88 Å². The van der Waals surface area contributed by atoms with Gasteiger partial charge in [-0.05, 0) is 42.5 Å². The van der Waals surface area contributed by atoms with Crippen molar-refractivity contribution in [1.29, 1.82) is 0 Å². The number of nitrogen functional groups attached to an aromatic ring is 1. The summed E-state index contributed by atoms with van der Waals surface area (Å²) < 4.78 is 22.4. The summed E-state index contributed by atoms with van der Waals surface area (Å²) in [6.07, 6.45) is 0. The molecule has 23 heavy (non-hydrogen) atoms. The van der Waals surface area contributed by atoms with E-state index in [1.165, 1.54) is 24.3 Å². The summed E-state index contributed by atoms with van der Waals surface area (Å²) in [5.41, 5.74) is 7.60. The third-order valence-electron chi connectivity index (χ3n) is 3.21. The van der Waals surface area contributed by atoms with Gasteiger partial charge in [-0.3, -0.25) is 0 Å². The smallest absolute Gasteiger partial charge is 0.238 e. The van der Waals surface area contributed by atoms with Gasteiger partial charge in [0.1, 0.15) is 0 Å². The SMILES string of the molecule is Nc1ccc2[nH]c(O)c(N=Nc3ccc(S(N)(=O)=O)cc3)c2c1. The zero-order valence-electron chi connectivity index (χ0n) is 11.8. The molecule has 0 aliphatic rings. The standard InChI is InChI=1S/C14H13N5O3S/c15-8-1-6-12-11(7-8)13(14(20)17-12)19-18-9-2-4-10(5-3-9)23(16,21)22/h1-7,17,20H,15H2,(H2,16,21,22). The molecule has 0 aliphatic carbocycles. The predicted molar refractivity (Wildman–Crippen MR) is 86.4 cm³/mol. The number of nitrogens with two attached hydrogens (primary N) is 2. The van der Waals surface area contributed by atoms with E-state index in [9.17, 15) is 13.5 Å². The molecule has 0 atom stereocenters. The van der Waals surface area contributed by atoms with Gasteiger partial charge >= 0.3 is 0 Å². The number of hydrogen-bond donors (Lipinski definition) is 4. The molecule has 1 heterocycles. The number of azo groups is 1. The first kappa shape index (κ1) is 15.0. The second-order valence-electron chi connectivity index (χ2n) is 4.87. The Balaban J connectivity index is 1.97. The van der Waals surface area contributed by atoms with Crippen molar-refractivity contribution < 1.29 is 13.5 Å². The minimum absolute atomic E-state index is 0.0147. The molecule has 0 spiro atoms. The van der Waals surface area contributed by atoms with Gasteiger partial charge in [0.2, 0.25) is 15.9 Å². The molecule has 1 aromatic heterocycles. The lowest BCUT2D eigenvalue weighted by Gasteiger charge is -1.98. The number of nitrogens with one attached hydrogen (secondary N) is 1. The van der Waals surface area contributed by atoms with Gasteiger partial charge in [0.25, 0.3) is 0 Å². The highest BCUT2D eigenvalue weighted by atomic mass is 32.2. The number of H-pyrrole nitrogens is 1. The van der Waals surface area contributed by atoms with Crippen LogP contribution in [0.15, 0.2) is 57.6 Å². The quantitative estimate of drug-likeness (QED) is 0.431. The molecule has 0 amide bonds. The predicted octanol–water partition coefficient (Wildman–Crippen LogP) is 2.52. The number of primary sulfonamides is 1. The van der Waals surface area contributed by atoms with E-state index >= 15 is 0 Å². The zero-order chi connectivity index (χ0) is 16.6. The van der Waals surface area contributed by atoms with Gasteiger partial charge in [0, 0.05) is 11.1 Å². The summed E-state index contributed by atoms with van der Waals surface area (Å²) in [5, 5.41) is 23.5. The molecule has 0 fully saturated rings. The van der Waals surface area contributed by atoms with E-state index in [1.54, 1.807) is 18.2 Å². The monoisotopic (exact) mass is 331 g/mol. The Kier molecular flexibility index (Phi) is 3.51. The summed E-state index contributed by atoms with van der Waals surface area (Å²) in [5.74, 6) is -0.129. The Morgan fingerprint density at radius 3 is 2.39 bits per heavy atom. The Hall–Kier alpha value is -2.91. The Labute approximate surface area is 131 Å². The molecule has 6 N–H and O–H groups in total. The molecule has 0 saturated carbocycles. The van der Waals surface area contributed by atoms with Crippen LogP contribution < -0.4 is 10.9 Å². The summed E-state index contributed by atoms with van der Waals surface area (Å²) in [7, 11) is -3.75. The van der Waals surface area contributed by atoms with Crippen LogP contribution in [0.4, 0.5) is 17.1 Å². The Bertz CT molecular complexity index is 1010. The number of fused-ring (bicyclic) bond motifs is 1. The lowest BCUT2D eigenvalue weighted by molar-refractivity contribution is 0.459. The first-order chi connectivity index (χ1) is 10.8. The molecule has 2 aromatic carbocycles. The van der Waals surface area contributed by atoms with Crippen LogP contribution in [-0.2, 0) is 10.0 Å². The molecule has 0 unspecified atom stereocenters. The van der Waals surface area contributed by atoms with E-state index in [0.717, 1.165) is 0 Å². The average molecular weight is 331 g/mol. The number of sulfonamides is 1. The number of aromatic nitrogens is 1. The van der Waals surface area contributed by atoms with Gasteiger partial charge in [-0.1, -0.05) is 0 Å². The molecule has 3 rings (SSSR count). The van der Waals surface area contributed by atoms with Crippen LogP contribution in [0.2, 0.25) is 0 Å². The van der Waals surface area contributed by atoms with Crippen molar-refractivity contribution in [3.8, 4) is 5.88 Å². The second-order valence-corrected chi connectivity index (χ2v) is 6.43. The van der Waals surface area contributed by atoms with Gasteiger partial charge in [-0.25, -0.2) is 13.6 Å². The van der Waals surface area contributed by atoms with E-state index in [1.807, 2.05) is 0 Å². The number of hydrogen-bond acceptors (Lipinski definition) is 6. The third-order valence-corrected chi connectivity index (χ3v) is 4.14. The van der Waals surface area contributed by atoms with Crippen LogP contribution in [0.25, 0.3) is 10.9 Å². The van der Waals surface area contributed by atoms with Crippen LogP contribution in [0.1, 0.15) is 0 Å². The van der Waals surface area contributed by atoms with Crippen LogP contribution in [0, 0.1) is 0 Å². The molecule has 0 radical (unpaired) electrons. The van der Waals surface area contributed by atoms with E-state index < -0.39 is 10.0 Å². The topological polar surface area (TPSA) is 147 Å². The van der Waals surface area contributed by atoms with Crippen LogP contribution >= 0.6 is 0 Å². The fourth-order valence-electron chi connectivity index (χ4n) is 2.09. The van der Waals surface area contributed by atoms with Gasteiger partial charge in [-0.15, -0.1) is 5.11 Å². The number of benzene rings is 2. The van der Waals surface area contributed by atoms with Crippen molar-refractivity contribution in [2.24, 2.45) is 15.4 Å². The highest BCUT2D eigenvalue weighted by Crippen LogP contribution is 2.37. The van der Waals surface area contributed by atoms with Gasteiger partial charge in [0.05, 0.1) is 16.1 Å². The van der Waals surface area contributed by atoms with Crippen molar-refractivity contribution in [3.05, 3.63) is 42.5 Å². The molecule has 0 bridgehead atoms. The number of aromatic amines is 1. The van der Waals surface area contributed by atoms with Gasteiger partial charge in [-0.2, -0.15) is 5.11 Å². The minimum Gasteiger partial charge on any atom is -0.493 e. The number of anilines is 1. The van der Waals surface area contributed by atoms with Crippen molar-refractivity contribution in [2.45, 2.75) is 4.90 Å². The summed E-state index contributed by atoms with van der Waals surface area (Å²) in [6.45, 7) is 0. The lowest BCUT2D eigenvalue weighted by Crippen LogP contribution is -2.11. The maximum atomic E-state index is 11.2. The van der Waals surface area contributed by atoms with E-state index in [2.05, 4.69) is 15.2 Å². The molecule has 0 saturated heterocycles. The van der Waals surface area contributed by atoms with E-state index in [-0.39, 0.29) is 16.5 Å². The maximum Gasteiger partial charge on any atom is 0.238 e. The third kappa shape index (κ3) is 3.00. The Morgan fingerprint density at radius 1 is 1.04 bits per heavy atom. The highest BCUT2D eigenvalue weighted by molar-refractivity contribution is 7.89. The minimum atomic E-state index is -3.75. The molecular formula is C14H13N5O3S. The van der Waals surface area contributed by atoms with Crippen molar-refractivity contribution >= 4 is 38.0 Å². The number of rotatable bonds is 3. The summed E-state index contributed by atoms with van der Waals surface area (Å²) in [6, 6.07) is 10.7. The zero-order valence-corrected chi connectivity index (χ0v) is 12.6. The van der Waals surface area contributed by atoms with E-state index in [4.69, 9.17) is 10.9 Å². The molecule has 3 aromatic rings. The molecule has 8 nitrogen and oxygen atoms in total. The van der Waals surface area contributed by atoms with Crippen molar-refractivity contribution in [1.82, 2.24) is 4.98 Å². The second kappa shape index (κ2) is 5.38. The average Bonchev–Trinajstić information content (AvgIpc) is 2.79. The fourth-order valence-corrected chi connectivity index (χ4v) is 2.61. The molecular weight excluding hydrogens is 318 g/mol. The van der Waals surface area contributed by atoms with E-state index in [0.29, 0.717) is 22.3 Å². The lowest BCUT2D eigenvalue weighted by atomic mass is 10.2. The fraction of sp³-hybridized carbons (Fsp3) is 0. The van der Waals surface area contributed by atoms with Gasteiger partial charge in [0.15, 0.2) is 5.69 Å². The normalized spacial score (nSPS) is 12.2. The van der Waals surface area contributed by atoms with Crippen molar-refractivity contribution in [2.75, 3.05) is 5.73 Å². The summed E-state index contributed by atoms with van der Waals surface area (Å²) >= 11 is 0. The van der Waals surface area contributed by atoms with Gasteiger partial charge < -0.3 is 15.8 Å². The molecule has 0 aliphatic heterocycles. The molecule has 9 heteroatoms. The Morgan fingerprint density at radius 2 is 1.74 bits per heavy atom. The highest BCUT2D eigenvalue weighted by Gasteiger charge is 2.11. The largest absolute Gasteiger partial charge is 0.493 e. The van der Waals surface area contributed by atoms with Crippen LogP contribution in [-0.4, -0.2) is 18.5 Å². The first-order valence-corrected chi connectivity index (χ1v) is 8.04. The number of nitrogens with zero attached hydrogens (tertiary/aromatic N) is 2. The van der Waals surface area contributed by atoms with Crippen LogP contribution in [0.3, 0.4) is 0 Å². The first-order valence-electron chi connectivity index (χ1n) is 6.49. The molecule has 118 valence electrons. The number of aromatic hydroxyl groups is 1.